The van der Waals surface area contributed by atoms with E-state index in [1.54, 1.807) is 0 Å². The monoisotopic (exact) mass is 388 g/mol. The molecule has 0 saturated heterocycles. The summed E-state index contributed by atoms with van der Waals surface area (Å²) in [5.41, 5.74) is 0.611. The minimum atomic E-state index is -0.486. The summed E-state index contributed by atoms with van der Waals surface area (Å²) in [6.07, 6.45) is 12.2. The molecule has 10 atom stereocenters. The summed E-state index contributed by atoms with van der Waals surface area (Å²) in [6, 6.07) is 0. The van der Waals surface area contributed by atoms with Crippen LogP contribution in [0, 0.1) is 52.3 Å². The van der Waals surface area contributed by atoms with Gasteiger partial charge in [0.05, 0.1) is 6.10 Å². The molecule has 4 saturated carbocycles. The Hall–Kier alpha value is -0.370. The number of carbonyl (C=O) groups is 1. The highest BCUT2D eigenvalue weighted by Crippen LogP contribution is 2.68. The van der Waals surface area contributed by atoms with Crippen molar-refractivity contribution in [2.75, 3.05) is 0 Å². The van der Waals surface area contributed by atoms with Crippen LogP contribution in [0.4, 0.5) is 0 Å². The van der Waals surface area contributed by atoms with Crippen molar-refractivity contribution in [3.05, 3.63) is 0 Å². The second kappa shape index (κ2) is 7.40. The zero-order valence-electron chi connectivity index (χ0n) is 19.0. The van der Waals surface area contributed by atoms with Crippen LogP contribution in [-0.4, -0.2) is 17.0 Å². The van der Waals surface area contributed by atoms with E-state index in [4.69, 9.17) is 0 Å². The van der Waals surface area contributed by atoms with Gasteiger partial charge >= 0.3 is 0 Å². The molecule has 0 aliphatic heterocycles. The zero-order chi connectivity index (χ0) is 20.3. The lowest BCUT2D eigenvalue weighted by Crippen LogP contribution is -2.61. The molecule has 4 aliphatic rings. The van der Waals surface area contributed by atoms with Crippen molar-refractivity contribution in [3.63, 3.8) is 0 Å². The average molecular weight is 389 g/mol. The van der Waals surface area contributed by atoms with Crippen molar-refractivity contribution < 1.29 is 9.90 Å². The molecule has 2 nitrogen and oxygen atoms in total. The third-order valence-corrected chi connectivity index (χ3v) is 10.6. The molecule has 0 radical (unpaired) electrons. The number of ketones is 1. The van der Waals surface area contributed by atoms with Gasteiger partial charge in [-0.3, -0.25) is 4.79 Å². The topological polar surface area (TPSA) is 37.3 Å². The second-order valence-electron chi connectivity index (χ2n) is 11.8. The Balaban J connectivity index is 1.70. The first-order valence-corrected chi connectivity index (χ1v) is 12.5. The fourth-order valence-corrected chi connectivity index (χ4v) is 9.34. The number of Topliss-reactive ketones (excluding diaryl/α,β-unsaturated/α-hetero) is 1. The molecule has 0 spiro atoms. The number of fused-ring (bicyclic) bond motifs is 5. The van der Waals surface area contributed by atoms with Gasteiger partial charge < -0.3 is 5.11 Å². The van der Waals surface area contributed by atoms with Gasteiger partial charge in [-0.05, 0) is 85.9 Å². The van der Waals surface area contributed by atoms with Crippen molar-refractivity contribution in [2.45, 2.75) is 105 Å². The van der Waals surface area contributed by atoms with E-state index in [1.807, 2.05) is 6.92 Å². The van der Waals surface area contributed by atoms with E-state index in [1.165, 1.54) is 57.8 Å². The van der Waals surface area contributed by atoms with Crippen LogP contribution in [0.5, 0.6) is 0 Å². The van der Waals surface area contributed by atoms with Crippen LogP contribution >= 0.6 is 0 Å². The van der Waals surface area contributed by atoms with Crippen LogP contribution in [-0.2, 0) is 4.79 Å². The van der Waals surface area contributed by atoms with Crippen LogP contribution in [0.1, 0.15) is 98.8 Å². The van der Waals surface area contributed by atoms with Gasteiger partial charge in [-0.1, -0.05) is 53.4 Å². The normalized spacial score (nSPS) is 50.4. The summed E-state index contributed by atoms with van der Waals surface area (Å²) in [5.74, 6) is 3.67. The second-order valence-corrected chi connectivity index (χ2v) is 11.8. The molecule has 4 fully saturated rings. The van der Waals surface area contributed by atoms with Crippen LogP contribution < -0.4 is 0 Å². The first-order chi connectivity index (χ1) is 13.3. The molecule has 28 heavy (non-hydrogen) atoms. The van der Waals surface area contributed by atoms with Crippen LogP contribution in [0.2, 0.25) is 0 Å². The van der Waals surface area contributed by atoms with Gasteiger partial charge in [0.15, 0.2) is 0 Å². The Morgan fingerprint density at radius 3 is 2.36 bits per heavy atom. The maximum absolute atomic E-state index is 13.9. The predicted molar refractivity (Wildman–Crippen MR) is 115 cm³/mol. The Kier molecular flexibility index (Phi) is 5.52. The van der Waals surface area contributed by atoms with E-state index in [0.717, 1.165) is 18.3 Å². The molecule has 1 N–H and O–H groups in total. The lowest BCUT2D eigenvalue weighted by molar-refractivity contribution is -0.175. The molecular weight excluding hydrogens is 344 g/mol. The molecule has 4 aliphatic carbocycles. The molecule has 0 aromatic carbocycles. The summed E-state index contributed by atoms with van der Waals surface area (Å²) in [4.78, 5) is 13.9. The first kappa shape index (κ1) is 20.9. The van der Waals surface area contributed by atoms with Gasteiger partial charge in [-0.2, -0.15) is 0 Å². The summed E-state index contributed by atoms with van der Waals surface area (Å²) in [7, 11) is 0. The fraction of sp³-hybridized carbons (Fsp3) is 0.962. The maximum atomic E-state index is 13.9. The Morgan fingerprint density at radius 1 is 0.964 bits per heavy atom. The summed E-state index contributed by atoms with van der Waals surface area (Å²) in [5, 5.41) is 10.7. The van der Waals surface area contributed by atoms with Crippen molar-refractivity contribution in [3.8, 4) is 0 Å². The van der Waals surface area contributed by atoms with Crippen molar-refractivity contribution in [1.29, 1.82) is 0 Å². The fourth-order valence-electron chi connectivity index (χ4n) is 9.34. The third kappa shape index (κ3) is 2.87. The Labute approximate surface area is 173 Å². The number of rotatable bonds is 4. The van der Waals surface area contributed by atoms with E-state index in [0.29, 0.717) is 29.0 Å². The Morgan fingerprint density at radius 2 is 1.68 bits per heavy atom. The number of hydrogen-bond donors (Lipinski definition) is 1. The molecule has 1 unspecified atom stereocenters. The smallest absolute Gasteiger partial charge is 0.142 e. The lowest BCUT2D eigenvalue weighted by atomic mass is 9.42. The number of aliphatic hydroxyl groups excluding tert-OH is 1. The number of carbonyl (C=O) groups excluding carboxylic acids is 1. The highest BCUT2D eigenvalue weighted by atomic mass is 16.3. The minimum absolute atomic E-state index is 0.110. The summed E-state index contributed by atoms with van der Waals surface area (Å²) >= 11 is 0. The standard InChI is InChI=1S/C26H44O2/c1-6-9-16(2)18-11-12-20-23-21(13-15-26(18,20)5)25(4)14-8-7-10-19(25)22(17(3)27)24(23)28/h16-23,27H,6-15H2,1-5H3/t16-,17?,18-,19+,20+,21+,22-,23+,25+,26-/m1/s1. The van der Waals surface area contributed by atoms with Crippen LogP contribution in [0.25, 0.3) is 0 Å². The van der Waals surface area contributed by atoms with Gasteiger partial charge in [0.25, 0.3) is 0 Å². The van der Waals surface area contributed by atoms with Crippen molar-refractivity contribution in [1.82, 2.24) is 0 Å². The van der Waals surface area contributed by atoms with Crippen molar-refractivity contribution in [2.24, 2.45) is 52.3 Å². The van der Waals surface area contributed by atoms with E-state index >= 15 is 0 Å². The van der Waals surface area contributed by atoms with Crippen LogP contribution in [0.3, 0.4) is 0 Å². The first-order valence-electron chi connectivity index (χ1n) is 12.5. The van der Waals surface area contributed by atoms with E-state index in [2.05, 4.69) is 27.7 Å². The molecule has 160 valence electrons. The molecule has 0 aromatic heterocycles. The summed E-state index contributed by atoms with van der Waals surface area (Å²) < 4.78 is 0. The average Bonchev–Trinajstić information content (AvgIpc) is 2.99. The van der Waals surface area contributed by atoms with Crippen LogP contribution in [0.15, 0.2) is 0 Å². The highest BCUT2D eigenvalue weighted by molar-refractivity contribution is 5.86. The van der Waals surface area contributed by atoms with E-state index in [-0.39, 0.29) is 17.3 Å². The Bertz CT molecular complexity index is 597. The highest BCUT2D eigenvalue weighted by Gasteiger charge is 2.65. The maximum Gasteiger partial charge on any atom is 0.142 e. The van der Waals surface area contributed by atoms with Gasteiger partial charge in [0, 0.05) is 11.8 Å². The molecule has 2 heteroatoms. The number of hydrogen-bond acceptors (Lipinski definition) is 2. The van der Waals surface area contributed by atoms with Gasteiger partial charge in [-0.25, -0.2) is 0 Å². The minimum Gasteiger partial charge on any atom is -0.393 e. The number of aliphatic hydroxyl groups is 1. The molecule has 0 amide bonds. The predicted octanol–water partition coefficient (Wildman–Crippen LogP) is 6.26. The van der Waals surface area contributed by atoms with E-state index in [9.17, 15) is 9.90 Å². The van der Waals surface area contributed by atoms with Gasteiger partial charge in [0.1, 0.15) is 5.78 Å². The molecule has 0 bridgehead atoms. The molecule has 0 heterocycles. The SMILES string of the molecule is CCC[C@@H](C)[C@H]1CC[C@H]2[C@@H]3C(=O)[C@H](C(C)O)[C@@H]4CCCC[C@]4(C)[C@H]3CC[C@]12C. The van der Waals surface area contributed by atoms with Gasteiger partial charge in [0.2, 0.25) is 0 Å². The summed E-state index contributed by atoms with van der Waals surface area (Å²) in [6.45, 7) is 11.7. The van der Waals surface area contributed by atoms with Crippen molar-refractivity contribution >= 4 is 5.78 Å². The van der Waals surface area contributed by atoms with E-state index < -0.39 is 6.10 Å². The molecule has 4 rings (SSSR count). The van der Waals surface area contributed by atoms with Gasteiger partial charge in [-0.15, -0.1) is 0 Å². The zero-order valence-corrected chi connectivity index (χ0v) is 19.0. The largest absolute Gasteiger partial charge is 0.393 e. The lowest BCUT2D eigenvalue weighted by Gasteiger charge is -2.62. The quantitative estimate of drug-likeness (QED) is 0.617. The molecule has 0 aromatic rings. The third-order valence-electron chi connectivity index (χ3n) is 10.6. The molecular formula is C26H44O2.